The van der Waals surface area contributed by atoms with Crippen LogP contribution in [-0.4, -0.2) is 41.0 Å². The zero-order chi connectivity index (χ0) is 20.8. The quantitative estimate of drug-likeness (QED) is 0.358. The zero-order valence-corrected chi connectivity index (χ0v) is 17.1. The SMILES string of the molecule is CCCCNc1nccc(N2CC(S)CC2COCc2cc(F)c(F)cc2F)n1. The topological polar surface area (TPSA) is 50.3 Å². The Labute approximate surface area is 174 Å². The molecule has 1 N–H and O–H groups in total. The third-order valence-electron chi connectivity index (χ3n) is 4.80. The highest BCUT2D eigenvalue weighted by atomic mass is 32.1. The van der Waals surface area contributed by atoms with Crippen molar-refractivity contribution < 1.29 is 17.9 Å². The average molecular weight is 427 g/mol. The Morgan fingerprint density at radius 3 is 2.83 bits per heavy atom. The van der Waals surface area contributed by atoms with Crippen LogP contribution in [0.1, 0.15) is 31.7 Å². The maximum absolute atomic E-state index is 13.8. The molecule has 1 aromatic carbocycles. The van der Waals surface area contributed by atoms with Crippen molar-refractivity contribution in [2.45, 2.75) is 44.1 Å². The molecular formula is C20H25F3N4OS. The van der Waals surface area contributed by atoms with Crippen LogP contribution in [0.3, 0.4) is 0 Å². The summed E-state index contributed by atoms with van der Waals surface area (Å²) in [7, 11) is 0. The molecule has 29 heavy (non-hydrogen) atoms. The number of aromatic nitrogens is 2. The Kier molecular flexibility index (Phi) is 7.60. The summed E-state index contributed by atoms with van der Waals surface area (Å²) in [6.45, 7) is 3.77. The summed E-state index contributed by atoms with van der Waals surface area (Å²) in [5.41, 5.74) is -0.0136. The summed E-state index contributed by atoms with van der Waals surface area (Å²) in [6.07, 6.45) is 4.59. The van der Waals surface area contributed by atoms with Gasteiger partial charge >= 0.3 is 0 Å². The molecule has 2 unspecified atom stereocenters. The lowest BCUT2D eigenvalue weighted by Crippen LogP contribution is -2.34. The number of thiol groups is 1. The van der Waals surface area contributed by atoms with Crippen molar-refractivity contribution >= 4 is 24.4 Å². The number of rotatable bonds is 9. The van der Waals surface area contributed by atoms with Gasteiger partial charge in [-0.2, -0.15) is 17.6 Å². The first-order valence-corrected chi connectivity index (χ1v) is 10.2. The molecule has 0 spiro atoms. The fourth-order valence-electron chi connectivity index (χ4n) is 3.28. The van der Waals surface area contributed by atoms with Gasteiger partial charge in [0.15, 0.2) is 11.6 Å². The van der Waals surface area contributed by atoms with E-state index in [0.717, 1.165) is 37.7 Å². The lowest BCUT2D eigenvalue weighted by Gasteiger charge is -2.25. The van der Waals surface area contributed by atoms with Crippen molar-refractivity contribution in [3.05, 3.63) is 47.4 Å². The van der Waals surface area contributed by atoms with Crippen molar-refractivity contribution in [3.8, 4) is 0 Å². The first-order valence-electron chi connectivity index (χ1n) is 9.70. The highest BCUT2D eigenvalue weighted by molar-refractivity contribution is 7.81. The Morgan fingerprint density at radius 1 is 1.24 bits per heavy atom. The maximum Gasteiger partial charge on any atom is 0.224 e. The number of ether oxygens (including phenoxy) is 1. The fourth-order valence-corrected chi connectivity index (χ4v) is 3.70. The minimum atomic E-state index is -1.21. The van der Waals surface area contributed by atoms with Crippen LogP contribution >= 0.6 is 12.6 Å². The van der Waals surface area contributed by atoms with E-state index in [4.69, 9.17) is 4.74 Å². The van der Waals surface area contributed by atoms with Crippen molar-refractivity contribution in [3.63, 3.8) is 0 Å². The minimum absolute atomic E-state index is 0.00996. The highest BCUT2D eigenvalue weighted by Gasteiger charge is 2.31. The molecule has 3 rings (SSSR count). The smallest absolute Gasteiger partial charge is 0.224 e. The van der Waals surface area contributed by atoms with Gasteiger partial charge in [0.25, 0.3) is 0 Å². The molecule has 1 saturated heterocycles. The summed E-state index contributed by atoms with van der Waals surface area (Å²) in [5.74, 6) is -1.78. The second kappa shape index (κ2) is 10.2. The van der Waals surface area contributed by atoms with Gasteiger partial charge in [0, 0.05) is 36.2 Å². The van der Waals surface area contributed by atoms with E-state index >= 15 is 0 Å². The van der Waals surface area contributed by atoms with Crippen LogP contribution < -0.4 is 10.2 Å². The van der Waals surface area contributed by atoms with Gasteiger partial charge in [0.2, 0.25) is 5.95 Å². The highest BCUT2D eigenvalue weighted by Crippen LogP contribution is 2.28. The first kappa shape index (κ1) is 21.7. The molecule has 1 aromatic heterocycles. The number of hydrogen-bond acceptors (Lipinski definition) is 6. The summed E-state index contributed by atoms with van der Waals surface area (Å²) < 4.78 is 45.8. The molecule has 2 heterocycles. The van der Waals surface area contributed by atoms with Crippen LogP contribution in [0.2, 0.25) is 0 Å². The Bertz CT molecular complexity index is 826. The van der Waals surface area contributed by atoms with E-state index in [1.54, 1.807) is 6.20 Å². The van der Waals surface area contributed by atoms with Crippen molar-refractivity contribution in [1.29, 1.82) is 0 Å². The molecule has 2 aromatic rings. The van der Waals surface area contributed by atoms with E-state index in [1.807, 2.05) is 6.07 Å². The molecule has 0 radical (unpaired) electrons. The molecule has 0 bridgehead atoms. The normalized spacial score (nSPS) is 19.0. The van der Waals surface area contributed by atoms with Crippen LogP contribution in [0.15, 0.2) is 24.4 Å². The zero-order valence-electron chi connectivity index (χ0n) is 16.2. The molecular weight excluding hydrogens is 401 g/mol. The average Bonchev–Trinajstić information content (AvgIpc) is 3.07. The largest absolute Gasteiger partial charge is 0.375 e. The monoisotopic (exact) mass is 426 g/mol. The van der Waals surface area contributed by atoms with Crippen LogP contribution in [0, 0.1) is 17.5 Å². The lowest BCUT2D eigenvalue weighted by molar-refractivity contribution is 0.106. The van der Waals surface area contributed by atoms with E-state index in [0.29, 0.717) is 18.6 Å². The predicted molar refractivity (Wildman–Crippen MR) is 110 cm³/mol. The standard InChI is InChI=1S/C20H25F3N4OS/c1-2-3-5-24-20-25-6-4-19(26-20)27-10-15(29)8-14(27)12-28-11-13-7-17(22)18(23)9-16(13)21/h4,6-7,9,14-15,29H,2-3,5,8,10-12H2,1H3,(H,24,25,26). The second-order valence-corrected chi connectivity index (χ2v) is 7.82. The van der Waals surface area contributed by atoms with Gasteiger partial charge in [0.1, 0.15) is 11.6 Å². The molecule has 1 aliphatic heterocycles. The van der Waals surface area contributed by atoms with Gasteiger partial charge in [-0.25, -0.2) is 18.2 Å². The number of nitrogens with one attached hydrogen (secondary N) is 1. The predicted octanol–water partition coefficient (Wildman–Crippen LogP) is 4.20. The number of unbranched alkanes of at least 4 members (excludes halogenated alkanes) is 1. The molecule has 158 valence electrons. The third-order valence-corrected chi connectivity index (χ3v) is 5.17. The number of hydrogen-bond donors (Lipinski definition) is 2. The van der Waals surface area contributed by atoms with E-state index in [1.165, 1.54) is 0 Å². The molecule has 9 heteroatoms. The molecule has 0 amide bonds. The fraction of sp³-hybridized carbons (Fsp3) is 0.500. The summed E-state index contributed by atoms with van der Waals surface area (Å²) in [5, 5.41) is 3.36. The van der Waals surface area contributed by atoms with E-state index in [-0.39, 0.29) is 30.1 Å². The minimum Gasteiger partial charge on any atom is -0.375 e. The van der Waals surface area contributed by atoms with Gasteiger partial charge in [0.05, 0.1) is 19.3 Å². The molecule has 0 aliphatic carbocycles. The second-order valence-electron chi connectivity index (χ2n) is 7.09. The first-order chi connectivity index (χ1) is 14.0. The van der Waals surface area contributed by atoms with Gasteiger partial charge in [-0.05, 0) is 25.0 Å². The molecule has 1 fully saturated rings. The molecule has 0 saturated carbocycles. The van der Waals surface area contributed by atoms with Crippen LogP contribution in [-0.2, 0) is 11.3 Å². The Morgan fingerprint density at radius 2 is 2.03 bits per heavy atom. The lowest BCUT2D eigenvalue weighted by atomic mass is 10.2. The molecule has 1 aliphatic rings. The molecule has 5 nitrogen and oxygen atoms in total. The molecule has 2 atom stereocenters. The summed E-state index contributed by atoms with van der Waals surface area (Å²) in [6, 6.07) is 3.19. The Hall–Kier alpha value is -2.00. The van der Waals surface area contributed by atoms with Crippen LogP contribution in [0.25, 0.3) is 0 Å². The van der Waals surface area contributed by atoms with Gasteiger partial charge in [-0.3, -0.25) is 0 Å². The summed E-state index contributed by atoms with van der Waals surface area (Å²) >= 11 is 4.58. The maximum atomic E-state index is 13.8. The summed E-state index contributed by atoms with van der Waals surface area (Å²) in [4.78, 5) is 10.9. The van der Waals surface area contributed by atoms with E-state index in [9.17, 15) is 13.2 Å². The van der Waals surface area contributed by atoms with Crippen molar-refractivity contribution in [2.24, 2.45) is 0 Å². The van der Waals surface area contributed by atoms with Crippen molar-refractivity contribution in [2.75, 3.05) is 29.9 Å². The third kappa shape index (κ3) is 5.76. The van der Waals surface area contributed by atoms with Gasteiger partial charge in [-0.1, -0.05) is 13.3 Å². The van der Waals surface area contributed by atoms with Gasteiger partial charge < -0.3 is 15.0 Å². The van der Waals surface area contributed by atoms with Crippen LogP contribution in [0.5, 0.6) is 0 Å². The Balaban J connectivity index is 1.62. The van der Waals surface area contributed by atoms with Crippen LogP contribution in [0.4, 0.5) is 24.9 Å². The van der Waals surface area contributed by atoms with Gasteiger partial charge in [-0.15, -0.1) is 0 Å². The number of halogens is 3. The van der Waals surface area contributed by atoms with Crippen molar-refractivity contribution in [1.82, 2.24) is 9.97 Å². The van der Waals surface area contributed by atoms with E-state index in [2.05, 4.69) is 39.7 Å². The number of benzene rings is 1. The van der Waals surface area contributed by atoms with E-state index < -0.39 is 17.5 Å². The number of nitrogens with zero attached hydrogens (tertiary/aromatic N) is 3. The number of anilines is 2.